The van der Waals surface area contributed by atoms with Crippen molar-refractivity contribution in [2.24, 2.45) is 5.92 Å². The lowest BCUT2D eigenvalue weighted by Gasteiger charge is -2.34. The Morgan fingerprint density at radius 2 is 1.95 bits per heavy atom. The Kier molecular flexibility index (Phi) is 3.68. The van der Waals surface area contributed by atoms with Gasteiger partial charge in [-0.3, -0.25) is 9.69 Å². The largest absolute Gasteiger partial charge is 0.371 e. The Balaban J connectivity index is 1.76. The minimum absolute atomic E-state index is 0.0887. The van der Waals surface area contributed by atoms with Crippen molar-refractivity contribution in [2.45, 2.75) is 38.0 Å². The molecule has 1 N–H and O–H groups in total. The molecule has 1 aliphatic heterocycles. The number of likely N-dealkylation sites (N-methyl/N-ethyl adjacent to an activating group) is 1. The first-order valence-electron chi connectivity index (χ1n) is 7.74. The third kappa shape index (κ3) is 2.50. The summed E-state index contributed by atoms with van der Waals surface area (Å²) in [4.78, 5) is 27.6. The zero-order valence-corrected chi connectivity index (χ0v) is 13.0. The Morgan fingerprint density at radius 3 is 2.55 bits per heavy atom. The second-order valence-corrected chi connectivity index (χ2v) is 6.64. The van der Waals surface area contributed by atoms with Crippen molar-refractivity contribution in [2.75, 3.05) is 13.6 Å². The number of amides is 2. The van der Waals surface area contributed by atoms with E-state index in [0.717, 1.165) is 19.3 Å². The molecule has 0 aromatic heterocycles. The lowest BCUT2D eigenvalue weighted by molar-refractivity contribution is -0.0146. The van der Waals surface area contributed by atoms with Crippen LogP contribution in [-0.4, -0.2) is 52.1 Å². The van der Waals surface area contributed by atoms with Crippen molar-refractivity contribution in [3.63, 3.8) is 0 Å². The van der Waals surface area contributed by atoms with E-state index in [1.165, 1.54) is 4.90 Å². The Hall–Kier alpha value is -1.88. The van der Waals surface area contributed by atoms with E-state index in [9.17, 15) is 14.7 Å². The van der Waals surface area contributed by atoms with Gasteiger partial charge in [-0.15, -0.1) is 0 Å². The van der Waals surface area contributed by atoms with Gasteiger partial charge in [0.1, 0.15) is 0 Å². The van der Waals surface area contributed by atoms with Crippen molar-refractivity contribution >= 4 is 11.8 Å². The van der Waals surface area contributed by atoms with Crippen LogP contribution < -0.4 is 0 Å². The van der Waals surface area contributed by atoms with Crippen LogP contribution in [0.2, 0.25) is 0 Å². The van der Waals surface area contributed by atoms with Crippen LogP contribution in [0.4, 0.5) is 4.79 Å². The predicted molar refractivity (Wildman–Crippen MR) is 82.4 cm³/mol. The molecule has 1 saturated carbocycles. The standard InChI is InChI=1S/C17H22N2O3/c1-17(10-12-8-9-12)15(21)19(16(22)18(17)2)11-14(20)13-6-4-3-5-7-13/h3-7,12,15,21H,8-11H2,1-2H3. The summed E-state index contributed by atoms with van der Waals surface area (Å²) in [5.74, 6) is 0.428. The lowest BCUT2D eigenvalue weighted by Crippen LogP contribution is -2.48. The van der Waals surface area contributed by atoms with Gasteiger partial charge in [0.05, 0.1) is 12.1 Å². The van der Waals surface area contributed by atoms with Gasteiger partial charge in [-0.25, -0.2) is 4.79 Å². The highest BCUT2D eigenvalue weighted by molar-refractivity contribution is 5.99. The van der Waals surface area contributed by atoms with Crippen molar-refractivity contribution in [3.05, 3.63) is 35.9 Å². The van der Waals surface area contributed by atoms with Crippen LogP contribution in [0, 0.1) is 5.92 Å². The van der Waals surface area contributed by atoms with Crippen molar-refractivity contribution in [1.82, 2.24) is 9.80 Å². The number of carbonyl (C=O) groups excluding carboxylic acids is 2. The molecule has 5 nitrogen and oxygen atoms in total. The predicted octanol–water partition coefficient (Wildman–Crippen LogP) is 2.11. The first-order chi connectivity index (χ1) is 10.4. The molecular weight excluding hydrogens is 280 g/mol. The molecule has 3 rings (SSSR count). The number of Topliss-reactive ketones (excluding diaryl/α,β-unsaturated/α-hetero) is 1. The molecular formula is C17H22N2O3. The number of aliphatic hydroxyl groups is 1. The molecule has 1 aromatic rings. The zero-order chi connectivity index (χ0) is 15.9. The number of nitrogens with zero attached hydrogens (tertiary/aromatic N) is 2. The second-order valence-electron chi connectivity index (χ2n) is 6.64. The maximum Gasteiger partial charge on any atom is 0.322 e. The fraction of sp³-hybridized carbons (Fsp3) is 0.529. The van der Waals surface area contributed by atoms with Gasteiger partial charge in [-0.05, 0) is 19.3 Å². The van der Waals surface area contributed by atoms with Gasteiger partial charge in [0.15, 0.2) is 12.0 Å². The molecule has 1 aliphatic carbocycles. The first-order valence-corrected chi connectivity index (χ1v) is 7.74. The average Bonchev–Trinajstić information content (AvgIpc) is 3.32. The summed E-state index contributed by atoms with van der Waals surface area (Å²) in [5.41, 5.74) is -0.0594. The van der Waals surface area contributed by atoms with Gasteiger partial charge >= 0.3 is 6.03 Å². The Labute approximate surface area is 130 Å². The van der Waals surface area contributed by atoms with E-state index in [2.05, 4.69) is 0 Å². The molecule has 2 unspecified atom stereocenters. The number of benzene rings is 1. The molecule has 0 bridgehead atoms. The number of carbonyl (C=O) groups is 2. The molecule has 1 saturated heterocycles. The summed E-state index contributed by atoms with van der Waals surface area (Å²) < 4.78 is 0. The van der Waals surface area contributed by atoms with Gasteiger partial charge in [0.25, 0.3) is 0 Å². The number of urea groups is 1. The third-order valence-corrected chi connectivity index (χ3v) is 4.96. The summed E-state index contributed by atoms with van der Waals surface area (Å²) >= 11 is 0. The van der Waals surface area contributed by atoms with Crippen LogP contribution in [0.1, 0.15) is 36.5 Å². The average molecular weight is 302 g/mol. The minimum Gasteiger partial charge on any atom is -0.371 e. The highest BCUT2D eigenvalue weighted by atomic mass is 16.3. The summed E-state index contributed by atoms with van der Waals surface area (Å²) in [6, 6.07) is 8.59. The SMILES string of the molecule is CN1C(=O)N(CC(=O)c2ccccc2)C(O)C1(C)CC1CC1. The monoisotopic (exact) mass is 302 g/mol. The molecule has 2 aliphatic rings. The summed E-state index contributed by atoms with van der Waals surface area (Å²) in [6.45, 7) is 1.81. The summed E-state index contributed by atoms with van der Waals surface area (Å²) in [5, 5.41) is 10.6. The number of aliphatic hydroxyl groups excluding tert-OH is 1. The van der Waals surface area contributed by atoms with E-state index in [1.807, 2.05) is 13.0 Å². The van der Waals surface area contributed by atoms with Crippen LogP contribution in [0.25, 0.3) is 0 Å². The third-order valence-electron chi connectivity index (χ3n) is 4.96. The molecule has 2 amide bonds. The molecule has 1 aromatic carbocycles. The molecule has 2 atom stereocenters. The van der Waals surface area contributed by atoms with E-state index >= 15 is 0 Å². The van der Waals surface area contributed by atoms with Crippen LogP contribution in [-0.2, 0) is 0 Å². The smallest absolute Gasteiger partial charge is 0.322 e. The van der Waals surface area contributed by atoms with E-state index in [-0.39, 0.29) is 18.4 Å². The highest BCUT2D eigenvalue weighted by Crippen LogP contribution is 2.43. The maximum absolute atomic E-state index is 12.4. The fourth-order valence-electron chi connectivity index (χ4n) is 3.20. The van der Waals surface area contributed by atoms with Gasteiger partial charge in [-0.2, -0.15) is 0 Å². The van der Waals surface area contributed by atoms with Crippen LogP contribution in [0.5, 0.6) is 0 Å². The topological polar surface area (TPSA) is 60.9 Å². The van der Waals surface area contributed by atoms with Gasteiger partial charge < -0.3 is 10.0 Å². The molecule has 1 heterocycles. The van der Waals surface area contributed by atoms with E-state index in [4.69, 9.17) is 0 Å². The van der Waals surface area contributed by atoms with Crippen LogP contribution in [0.3, 0.4) is 0 Å². The molecule has 22 heavy (non-hydrogen) atoms. The van der Waals surface area contributed by atoms with Crippen LogP contribution >= 0.6 is 0 Å². The van der Waals surface area contributed by atoms with Crippen LogP contribution in [0.15, 0.2) is 30.3 Å². The van der Waals surface area contributed by atoms with E-state index < -0.39 is 11.8 Å². The Bertz CT molecular complexity index is 585. The maximum atomic E-state index is 12.4. The van der Waals surface area contributed by atoms with Gasteiger partial charge in [0, 0.05) is 12.6 Å². The quantitative estimate of drug-likeness (QED) is 0.848. The van der Waals surface area contributed by atoms with E-state index in [1.54, 1.807) is 36.2 Å². The summed E-state index contributed by atoms with van der Waals surface area (Å²) in [6.07, 6.45) is 2.16. The summed E-state index contributed by atoms with van der Waals surface area (Å²) in [7, 11) is 1.71. The van der Waals surface area contributed by atoms with Crippen molar-refractivity contribution < 1.29 is 14.7 Å². The Morgan fingerprint density at radius 1 is 1.32 bits per heavy atom. The molecule has 118 valence electrons. The molecule has 0 spiro atoms. The lowest BCUT2D eigenvalue weighted by atomic mass is 9.92. The van der Waals surface area contributed by atoms with Crippen molar-refractivity contribution in [1.29, 1.82) is 0 Å². The molecule has 2 fully saturated rings. The molecule has 0 radical (unpaired) electrons. The number of ketones is 1. The minimum atomic E-state index is -0.946. The van der Waals surface area contributed by atoms with Gasteiger partial charge in [0.2, 0.25) is 0 Å². The fourth-order valence-corrected chi connectivity index (χ4v) is 3.20. The second kappa shape index (κ2) is 5.39. The molecule has 5 heteroatoms. The highest BCUT2D eigenvalue weighted by Gasteiger charge is 2.54. The number of hydrogen-bond acceptors (Lipinski definition) is 3. The van der Waals surface area contributed by atoms with Gasteiger partial charge in [-0.1, -0.05) is 43.2 Å². The number of hydrogen-bond donors (Lipinski definition) is 1. The first kappa shape index (κ1) is 15.0. The zero-order valence-electron chi connectivity index (χ0n) is 13.0. The van der Waals surface area contributed by atoms with Crippen molar-refractivity contribution in [3.8, 4) is 0 Å². The number of rotatable bonds is 5. The normalized spacial score (nSPS) is 28.3. The van der Waals surface area contributed by atoms with E-state index in [0.29, 0.717) is 11.5 Å².